The number of hydrogen-bond donors (Lipinski definition) is 1. The molecule has 0 aliphatic carbocycles. The second-order valence-electron chi connectivity index (χ2n) is 3.63. The minimum Gasteiger partial charge on any atom is -0.354 e. The fourth-order valence-corrected chi connectivity index (χ4v) is 2.99. The van der Waals surface area contributed by atoms with Gasteiger partial charge in [-0.15, -0.1) is 11.3 Å². The van der Waals surface area contributed by atoms with Gasteiger partial charge in [0.05, 0.1) is 10.3 Å². The van der Waals surface area contributed by atoms with E-state index in [4.69, 9.17) is 5.26 Å². The molecule has 18 heavy (non-hydrogen) atoms. The summed E-state index contributed by atoms with van der Waals surface area (Å²) in [7, 11) is 1.83. The third-order valence-corrected chi connectivity index (χ3v) is 3.87. The Balaban J connectivity index is 2.23. The van der Waals surface area contributed by atoms with Crippen LogP contribution in [-0.2, 0) is 6.54 Å². The third-order valence-electron chi connectivity index (χ3n) is 2.26. The van der Waals surface area contributed by atoms with Crippen molar-refractivity contribution in [2.24, 2.45) is 0 Å². The quantitative estimate of drug-likeness (QED) is 0.938. The van der Waals surface area contributed by atoms with Gasteiger partial charge >= 0.3 is 5.69 Å². The number of H-pyrrole nitrogens is 1. The van der Waals surface area contributed by atoms with Crippen molar-refractivity contribution in [3.8, 4) is 6.07 Å². The predicted molar refractivity (Wildman–Crippen MR) is 73.7 cm³/mol. The Bertz CT molecular complexity index is 658. The highest BCUT2D eigenvalue weighted by atomic mass is 79.9. The van der Waals surface area contributed by atoms with Crippen molar-refractivity contribution < 1.29 is 0 Å². The number of nitriles is 1. The summed E-state index contributed by atoms with van der Waals surface area (Å²) in [6.07, 6.45) is 0. The maximum absolute atomic E-state index is 11.3. The van der Waals surface area contributed by atoms with Crippen LogP contribution in [0.25, 0.3) is 0 Å². The van der Waals surface area contributed by atoms with Crippen LogP contribution in [-0.4, -0.2) is 17.0 Å². The number of rotatable bonds is 3. The van der Waals surface area contributed by atoms with E-state index >= 15 is 0 Å². The first-order valence-corrected chi connectivity index (χ1v) is 6.66. The van der Waals surface area contributed by atoms with E-state index in [2.05, 4.69) is 25.9 Å². The van der Waals surface area contributed by atoms with Crippen molar-refractivity contribution in [3.05, 3.63) is 43.0 Å². The van der Waals surface area contributed by atoms with Crippen LogP contribution in [0.4, 0.5) is 5.82 Å². The van der Waals surface area contributed by atoms with Crippen LogP contribution in [0.3, 0.4) is 0 Å². The Kier molecular flexibility index (Phi) is 3.79. The molecule has 0 atom stereocenters. The van der Waals surface area contributed by atoms with Crippen LogP contribution in [0.2, 0.25) is 0 Å². The first-order valence-electron chi connectivity index (χ1n) is 5.05. The lowest BCUT2D eigenvalue weighted by atomic mass is 10.4. The van der Waals surface area contributed by atoms with Crippen molar-refractivity contribution in [2.75, 3.05) is 11.9 Å². The number of anilines is 1. The van der Waals surface area contributed by atoms with E-state index in [0.717, 1.165) is 8.66 Å². The maximum Gasteiger partial charge on any atom is 0.347 e. The second kappa shape index (κ2) is 5.33. The van der Waals surface area contributed by atoms with Crippen molar-refractivity contribution >= 4 is 33.1 Å². The zero-order valence-corrected chi connectivity index (χ0v) is 11.9. The second-order valence-corrected chi connectivity index (χ2v) is 6.18. The summed E-state index contributed by atoms with van der Waals surface area (Å²) < 4.78 is 1.06. The average Bonchev–Trinajstić information content (AvgIpc) is 2.73. The normalized spacial score (nSPS) is 10.1. The molecule has 0 aromatic carbocycles. The molecular formula is C11H9BrN4OS. The molecule has 2 rings (SSSR count). The minimum absolute atomic E-state index is 0.212. The molecule has 0 saturated carbocycles. The summed E-state index contributed by atoms with van der Waals surface area (Å²) in [5, 5.41) is 8.79. The number of aromatic amines is 1. The molecular weight excluding hydrogens is 316 g/mol. The lowest BCUT2D eigenvalue weighted by Gasteiger charge is -2.16. The standard InChI is InChI=1S/C11H9BrN4OS/c1-16(6-8-2-3-9(12)18-8)10-4-7(5-13)14-11(17)15-10/h2-4H,6H2,1H3,(H,14,15,17). The molecule has 1 N–H and O–H groups in total. The number of halogens is 1. The molecule has 7 heteroatoms. The van der Waals surface area contributed by atoms with Crippen LogP contribution in [0.15, 0.2) is 26.8 Å². The molecule has 5 nitrogen and oxygen atoms in total. The first-order chi connectivity index (χ1) is 8.58. The van der Waals surface area contributed by atoms with Gasteiger partial charge in [-0.25, -0.2) is 4.79 Å². The fourth-order valence-electron chi connectivity index (χ4n) is 1.45. The molecule has 0 unspecified atom stereocenters. The summed E-state index contributed by atoms with van der Waals surface area (Å²) in [4.78, 5) is 20.5. The van der Waals surface area contributed by atoms with Gasteiger partial charge in [0.25, 0.3) is 0 Å². The predicted octanol–water partition coefficient (Wildman–Crippen LogP) is 2.10. The van der Waals surface area contributed by atoms with Gasteiger partial charge in [-0.05, 0) is 28.1 Å². The van der Waals surface area contributed by atoms with E-state index in [9.17, 15) is 4.79 Å². The maximum atomic E-state index is 11.3. The highest BCUT2D eigenvalue weighted by molar-refractivity contribution is 9.11. The largest absolute Gasteiger partial charge is 0.354 e. The molecule has 92 valence electrons. The van der Waals surface area contributed by atoms with Crippen LogP contribution in [0.5, 0.6) is 0 Å². The summed E-state index contributed by atoms with van der Waals surface area (Å²) in [6.45, 7) is 0.636. The van der Waals surface area contributed by atoms with E-state index in [1.807, 2.05) is 30.1 Å². The SMILES string of the molecule is CN(Cc1ccc(Br)s1)c1cc(C#N)[nH]c(=O)n1. The van der Waals surface area contributed by atoms with Crippen LogP contribution >= 0.6 is 27.3 Å². The van der Waals surface area contributed by atoms with Gasteiger partial charge in [0.2, 0.25) is 0 Å². The van der Waals surface area contributed by atoms with Gasteiger partial charge in [0.15, 0.2) is 0 Å². The Hall–Kier alpha value is -1.65. The molecule has 0 amide bonds. The molecule has 2 aromatic heterocycles. The van der Waals surface area contributed by atoms with E-state index < -0.39 is 5.69 Å². The lowest BCUT2D eigenvalue weighted by Crippen LogP contribution is -2.22. The monoisotopic (exact) mass is 324 g/mol. The van der Waals surface area contributed by atoms with Crippen molar-refractivity contribution in [1.82, 2.24) is 9.97 Å². The molecule has 0 saturated heterocycles. The molecule has 0 spiro atoms. The molecule has 0 aliphatic heterocycles. The molecule has 0 aliphatic rings. The van der Waals surface area contributed by atoms with Crippen LogP contribution in [0, 0.1) is 11.3 Å². The van der Waals surface area contributed by atoms with Crippen LogP contribution in [0.1, 0.15) is 10.6 Å². The van der Waals surface area contributed by atoms with Gasteiger partial charge in [-0.3, -0.25) is 4.98 Å². The summed E-state index contributed by atoms with van der Waals surface area (Å²) >= 11 is 5.02. The third kappa shape index (κ3) is 2.97. The number of aromatic nitrogens is 2. The van der Waals surface area contributed by atoms with Gasteiger partial charge < -0.3 is 4.90 Å². The summed E-state index contributed by atoms with van der Waals surface area (Å²) in [6, 6.07) is 7.44. The van der Waals surface area contributed by atoms with Crippen molar-refractivity contribution in [1.29, 1.82) is 5.26 Å². The minimum atomic E-state index is -0.511. The first kappa shape index (κ1) is 12.8. The van der Waals surface area contributed by atoms with Gasteiger partial charge in [0.1, 0.15) is 17.6 Å². The fraction of sp³-hybridized carbons (Fsp3) is 0.182. The van der Waals surface area contributed by atoms with Gasteiger partial charge in [-0.2, -0.15) is 10.2 Å². The van der Waals surface area contributed by atoms with E-state index in [-0.39, 0.29) is 5.69 Å². The van der Waals surface area contributed by atoms with Crippen molar-refractivity contribution in [2.45, 2.75) is 6.54 Å². The summed E-state index contributed by atoms with van der Waals surface area (Å²) in [5.41, 5.74) is -0.299. The Labute approximate surface area is 116 Å². The van der Waals surface area contributed by atoms with Crippen LogP contribution < -0.4 is 10.6 Å². The lowest BCUT2D eigenvalue weighted by molar-refractivity contribution is 0.889. The highest BCUT2D eigenvalue weighted by Gasteiger charge is 2.08. The Morgan fingerprint density at radius 2 is 2.39 bits per heavy atom. The molecule has 2 aromatic rings. The van der Waals surface area contributed by atoms with Gasteiger partial charge in [-0.1, -0.05) is 0 Å². The molecule has 0 radical (unpaired) electrons. The van der Waals surface area contributed by atoms with Gasteiger partial charge in [0, 0.05) is 18.0 Å². The molecule has 0 fully saturated rings. The molecule has 2 heterocycles. The van der Waals surface area contributed by atoms with Crippen molar-refractivity contribution in [3.63, 3.8) is 0 Å². The zero-order valence-electron chi connectivity index (χ0n) is 9.48. The topological polar surface area (TPSA) is 72.8 Å². The Morgan fingerprint density at radius 3 is 3.00 bits per heavy atom. The van der Waals surface area contributed by atoms with E-state index in [1.54, 1.807) is 17.4 Å². The highest BCUT2D eigenvalue weighted by Crippen LogP contribution is 2.24. The molecule has 0 bridgehead atoms. The van der Waals surface area contributed by atoms with E-state index in [0.29, 0.717) is 12.4 Å². The Morgan fingerprint density at radius 1 is 1.61 bits per heavy atom. The number of hydrogen-bond acceptors (Lipinski definition) is 5. The number of thiophene rings is 1. The zero-order chi connectivity index (χ0) is 13.1. The average molecular weight is 325 g/mol. The van der Waals surface area contributed by atoms with E-state index in [1.165, 1.54) is 0 Å². The number of nitrogens with one attached hydrogen (secondary N) is 1. The smallest absolute Gasteiger partial charge is 0.347 e. The summed E-state index contributed by atoms with van der Waals surface area (Å²) in [5.74, 6) is 0.486. The number of nitrogens with zero attached hydrogens (tertiary/aromatic N) is 3.